The van der Waals surface area contributed by atoms with E-state index in [1.165, 1.54) is 18.5 Å². The Bertz CT molecular complexity index is 621. The van der Waals surface area contributed by atoms with Crippen LogP contribution in [-0.4, -0.2) is 20.4 Å². The number of aromatic nitrogens is 1. The van der Waals surface area contributed by atoms with Gasteiger partial charge in [-0.15, -0.1) is 0 Å². The van der Waals surface area contributed by atoms with Gasteiger partial charge in [0.05, 0.1) is 12.3 Å². The highest BCUT2D eigenvalue weighted by atomic mass is 32.2. The second kappa shape index (κ2) is 5.41. The van der Waals surface area contributed by atoms with Crippen LogP contribution in [0, 0.1) is 0 Å². The van der Waals surface area contributed by atoms with E-state index in [-0.39, 0.29) is 4.90 Å². The smallest absolute Gasteiger partial charge is 0.242 e. The zero-order valence-electron chi connectivity index (χ0n) is 10.6. The minimum absolute atomic E-state index is 0.116. The number of hydrogen-bond acceptors (Lipinski definition) is 5. The molecule has 2 rings (SSSR count). The minimum Gasteiger partial charge on any atom is -0.468 e. The molecule has 2 aromatic rings. The molecule has 2 aromatic heterocycles. The fourth-order valence-electron chi connectivity index (χ4n) is 1.58. The molecule has 6 nitrogen and oxygen atoms in total. The Labute approximate surface area is 111 Å². The Hall–Kier alpha value is -1.86. The second-order valence-electron chi connectivity index (χ2n) is 3.99. The molecule has 0 saturated heterocycles. The lowest BCUT2D eigenvalue weighted by Gasteiger charge is -2.12. The summed E-state index contributed by atoms with van der Waals surface area (Å²) < 4.78 is 31.9. The first-order valence-corrected chi connectivity index (χ1v) is 7.21. The van der Waals surface area contributed by atoms with Crippen molar-refractivity contribution < 1.29 is 12.8 Å². The molecular weight excluding hydrogens is 266 g/mol. The summed E-state index contributed by atoms with van der Waals surface area (Å²) in [7, 11) is -1.89. The summed E-state index contributed by atoms with van der Waals surface area (Å²) in [4.78, 5) is 4.10. The molecule has 2 N–H and O–H groups in total. The maximum absolute atomic E-state index is 12.1. The van der Waals surface area contributed by atoms with Crippen molar-refractivity contribution in [2.45, 2.75) is 17.9 Å². The summed E-state index contributed by atoms with van der Waals surface area (Å²) in [6.07, 6.45) is 2.81. The molecule has 102 valence electrons. The summed E-state index contributed by atoms with van der Waals surface area (Å²) in [6.45, 7) is 1.71. The summed E-state index contributed by atoms with van der Waals surface area (Å²) in [5.74, 6) is 1.17. The number of nitrogens with zero attached hydrogens (tertiary/aromatic N) is 1. The molecule has 0 bridgehead atoms. The van der Waals surface area contributed by atoms with Crippen molar-refractivity contribution in [2.24, 2.45) is 0 Å². The molecule has 2 heterocycles. The first kappa shape index (κ1) is 13.6. The zero-order valence-corrected chi connectivity index (χ0v) is 11.4. The lowest BCUT2D eigenvalue weighted by atomic mass is 10.3. The van der Waals surface area contributed by atoms with Gasteiger partial charge >= 0.3 is 0 Å². The van der Waals surface area contributed by atoms with Crippen LogP contribution in [0.15, 0.2) is 46.0 Å². The van der Waals surface area contributed by atoms with Gasteiger partial charge < -0.3 is 9.73 Å². The highest BCUT2D eigenvalue weighted by Crippen LogP contribution is 2.17. The number of hydrogen-bond donors (Lipinski definition) is 2. The fourth-order valence-corrected chi connectivity index (χ4v) is 2.74. The molecule has 0 radical (unpaired) electrons. The average molecular weight is 281 g/mol. The summed E-state index contributed by atoms with van der Waals surface area (Å²) in [5.41, 5.74) is 0. The van der Waals surface area contributed by atoms with E-state index < -0.39 is 16.1 Å². The van der Waals surface area contributed by atoms with Crippen LogP contribution < -0.4 is 10.0 Å². The quantitative estimate of drug-likeness (QED) is 0.872. The number of anilines is 1. The van der Waals surface area contributed by atoms with Crippen molar-refractivity contribution in [2.75, 3.05) is 12.4 Å². The van der Waals surface area contributed by atoms with Crippen molar-refractivity contribution in [3.8, 4) is 0 Å². The molecule has 1 unspecified atom stereocenters. The Morgan fingerprint density at radius 3 is 2.63 bits per heavy atom. The van der Waals surface area contributed by atoms with E-state index in [0.29, 0.717) is 11.6 Å². The Morgan fingerprint density at radius 1 is 1.32 bits per heavy atom. The number of nitrogens with one attached hydrogen (secondary N) is 2. The molecule has 7 heteroatoms. The monoisotopic (exact) mass is 281 g/mol. The predicted molar refractivity (Wildman–Crippen MR) is 71.2 cm³/mol. The first-order chi connectivity index (χ1) is 9.03. The van der Waals surface area contributed by atoms with E-state index in [4.69, 9.17) is 4.42 Å². The molecule has 0 saturated carbocycles. The Kier molecular flexibility index (Phi) is 3.87. The van der Waals surface area contributed by atoms with Crippen LogP contribution in [0.3, 0.4) is 0 Å². The van der Waals surface area contributed by atoms with Crippen molar-refractivity contribution in [1.82, 2.24) is 9.71 Å². The van der Waals surface area contributed by atoms with Crippen LogP contribution in [0.4, 0.5) is 5.82 Å². The molecule has 0 spiro atoms. The molecular formula is C12H15N3O3S. The van der Waals surface area contributed by atoms with Gasteiger partial charge in [-0.3, -0.25) is 0 Å². The van der Waals surface area contributed by atoms with Gasteiger partial charge in [-0.05, 0) is 31.2 Å². The molecule has 0 aliphatic carbocycles. The number of sulfonamides is 1. The van der Waals surface area contributed by atoms with Crippen LogP contribution in [0.2, 0.25) is 0 Å². The van der Waals surface area contributed by atoms with Crippen molar-refractivity contribution >= 4 is 15.8 Å². The highest BCUT2D eigenvalue weighted by Gasteiger charge is 2.20. The van der Waals surface area contributed by atoms with Crippen LogP contribution in [0.5, 0.6) is 0 Å². The Morgan fingerprint density at radius 2 is 2.11 bits per heavy atom. The van der Waals surface area contributed by atoms with Crippen molar-refractivity contribution in [3.63, 3.8) is 0 Å². The van der Waals surface area contributed by atoms with E-state index in [1.54, 1.807) is 32.2 Å². The minimum atomic E-state index is -3.61. The van der Waals surface area contributed by atoms with Gasteiger partial charge in [0.15, 0.2) is 0 Å². The van der Waals surface area contributed by atoms with Gasteiger partial charge in [0.25, 0.3) is 0 Å². The lowest BCUT2D eigenvalue weighted by molar-refractivity contribution is 0.459. The molecule has 0 aliphatic rings. The van der Waals surface area contributed by atoms with E-state index in [0.717, 1.165) is 0 Å². The maximum Gasteiger partial charge on any atom is 0.242 e. The molecule has 0 aromatic carbocycles. The van der Waals surface area contributed by atoms with Crippen molar-refractivity contribution in [1.29, 1.82) is 0 Å². The van der Waals surface area contributed by atoms with E-state index >= 15 is 0 Å². The second-order valence-corrected chi connectivity index (χ2v) is 5.70. The highest BCUT2D eigenvalue weighted by molar-refractivity contribution is 7.89. The zero-order chi connectivity index (χ0) is 13.9. The molecule has 0 aliphatic heterocycles. The average Bonchev–Trinajstić information content (AvgIpc) is 2.92. The predicted octanol–water partition coefficient (Wildman–Crippen LogP) is 1.76. The topological polar surface area (TPSA) is 84.2 Å². The summed E-state index contributed by atoms with van der Waals surface area (Å²) in [6, 6.07) is 6.09. The van der Waals surface area contributed by atoms with Crippen LogP contribution in [0.25, 0.3) is 0 Å². The number of furan rings is 1. The maximum atomic E-state index is 12.1. The van der Waals surface area contributed by atoms with Gasteiger partial charge in [0.1, 0.15) is 16.5 Å². The van der Waals surface area contributed by atoms with E-state index in [2.05, 4.69) is 15.0 Å². The molecule has 1 atom stereocenters. The van der Waals surface area contributed by atoms with Gasteiger partial charge in [0.2, 0.25) is 10.0 Å². The molecule has 0 fully saturated rings. The SMILES string of the molecule is CNc1ccc(S(=O)(=O)NC(C)c2ccco2)cn1. The normalized spacial score (nSPS) is 13.2. The van der Waals surface area contributed by atoms with Crippen LogP contribution >= 0.6 is 0 Å². The fraction of sp³-hybridized carbons (Fsp3) is 0.250. The summed E-state index contributed by atoms with van der Waals surface area (Å²) in [5, 5.41) is 2.83. The van der Waals surface area contributed by atoms with Gasteiger partial charge in [-0.1, -0.05) is 0 Å². The Balaban J connectivity index is 2.17. The summed E-state index contributed by atoms with van der Waals surface area (Å²) >= 11 is 0. The first-order valence-electron chi connectivity index (χ1n) is 5.72. The lowest BCUT2D eigenvalue weighted by Crippen LogP contribution is -2.26. The third-order valence-corrected chi connectivity index (χ3v) is 4.13. The van der Waals surface area contributed by atoms with Crippen molar-refractivity contribution in [3.05, 3.63) is 42.5 Å². The molecule has 0 amide bonds. The van der Waals surface area contributed by atoms with E-state index in [1.807, 2.05) is 0 Å². The van der Waals surface area contributed by atoms with Gasteiger partial charge in [-0.25, -0.2) is 18.1 Å². The van der Waals surface area contributed by atoms with Crippen LogP contribution in [-0.2, 0) is 10.0 Å². The molecule has 19 heavy (non-hydrogen) atoms. The van der Waals surface area contributed by atoms with Gasteiger partial charge in [0, 0.05) is 13.2 Å². The number of pyridine rings is 1. The van der Waals surface area contributed by atoms with Gasteiger partial charge in [-0.2, -0.15) is 0 Å². The third-order valence-electron chi connectivity index (χ3n) is 2.60. The number of rotatable bonds is 5. The van der Waals surface area contributed by atoms with Crippen LogP contribution in [0.1, 0.15) is 18.7 Å². The third kappa shape index (κ3) is 3.12. The van der Waals surface area contributed by atoms with E-state index in [9.17, 15) is 8.42 Å². The largest absolute Gasteiger partial charge is 0.468 e. The standard InChI is InChI=1S/C12H15N3O3S/c1-9(11-4-3-7-18-11)15-19(16,17)10-5-6-12(13-2)14-8-10/h3-9,15H,1-2H3,(H,13,14).